The second-order valence-electron chi connectivity index (χ2n) is 6.43. The second kappa shape index (κ2) is 7.73. The molecule has 0 radical (unpaired) electrons. The molecule has 0 bridgehead atoms. The van der Waals surface area contributed by atoms with Crippen LogP contribution in [0.2, 0.25) is 0 Å². The molecule has 140 valence electrons. The van der Waals surface area contributed by atoms with Crippen molar-refractivity contribution >= 4 is 33.1 Å². The van der Waals surface area contributed by atoms with Crippen LogP contribution in [0, 0.1) is 0 Å². The first kappa shape index (κ1) is 18.8. The zero-order valence-corrected chi connectivity index (χ0v) is 16.5. The minimum atomic E-state index is -3.53. The smallest absolute Gasteiger partial charge is 0.258 e. The van der Waals surface area contributed by atoms with Crippen LogP contribution in [0.1, 0.15) is 4.88 Å². The molecular formula is C17H22N4O3S2. The number of amidine groups is 1. The van der Waals surface area contributed by atoms with E-state index in [9.17, 15) is 13.2 Å². The van der Waals surface area contributed by atoms with Crippen LogP contribution < -0.4 is 0 Å². The maximum absolute atomic E-state index is 13.2. The SMILES string of the molecule is CN(C)CCN(Cc1cccs1)C(=O)C1=CC=CN2CCS(=O)(=O)N=C12. The number of carbonyl (C=O) groups is 1. The van der Waals surface area contributed by atoms with E-state index >= 15 is 0 Å². The van der Waals surface area contributed by atoms with E-state index in [0.29, 0.717) is 31.8 Å². The van der Waals surface area contributed by atoms with E-state index < -0.39 is 10.0 Å². The molecule has 0 aliphatic carbocycles. The molecule has 3 rings (SSSR count). The quantitative estimate of drug-likeness (QED) is 0.723. The lowest BCUT2D eigenvalue weighted by atomic mass is 10.1. The number of nitrogens with zero attached hydrogens (tertiary/aromatic N) is 4. The van der Waals surface area contributed by atoms with Crippen LogP contribution in [0.25, 0.3) is 0 Å². The number of thiophene rings is 1. The predicted molar refractivity (Wildman–Crippen MR) is 103 cm³/mol. The lowest BCUT2D eigenvalue weighted by Gasteiger charge is -2.31. The highest BCUT2D eigenvalue weighted by Gasteiger charge is 2.32. The Morgan fingerprint density at radius 1 is 1.35 bits per heavy atom. The standard InChI is InChI=1S/C17H22N4O3S2/c1-19(2)8-9-21(13-14-5-4-11-25-14)17(22)15-6-3-7-20-10-12-26(23,24)18-16(15)20/h3-7,11H,8-10,12-13H2,1-2H3. The highest BCUT2D eigenvalue weighted by molar-refractivity contribution is 7.90. The van der Waals surface area contributed by atoms with E-state index in [4.69, 9.17) is 0 Å². The fourth-order valence-electron chi connectivity index (χ4n) is 2.72. The number of likely N-dealkylation sites (N-methyl/N-ethyl adjacent to an activating group) is 1. The summed E-state index contributed by atoms with van der Waals surface area (Å²) in [5, 5.41) is 1.98. The minimum absolute atomic E-state index is 0.0398. The number of allylic oxidation sites excluding steroid dienone is 2. The Bertz CT molecular complexity index is 855. The number of amides is 1. The van der Waals surface area contributed by atoms with Gasteiger partial charge in [-0.15, -0.1) is 15.7 Å². The summed E-state index contributed by atoms with van der Waals surface area (Å²) >= 11 is 1.59. The fraction of sp³-hybridized carbons (Fsp3) is 0.412. The number of sulfonamides is 1. The van der Waals surface area contributed by atoms with E-state index in [0.717, 1.165) is 4.88 Å². The van der Waals surface area contributed by atoms with E-state index in [1.165, 1.54) is 0 Å². The highest BCUT2D eigenvalue weighted by atomic mass is 32.2. The van der Waals surface area contributed by atoms with Crippen LogP contribution in [-0.2, 0) is 21.4 Å². The van der Waals surface area contributed by atoms with Crippen molar-refractivity contribution in [1.29, 1.82) is 0 Å². The number of hydrogen-bond donors (Lipinski definition) is 0. The summed E-state index contributed by atoms with van der Waals surface area (Å²) in [7, 11) is 0.382. The molecule has 0 saturated heterocycles. The average molecular weight is 395 g/mol. The molecule has 9 heteroatoms. The Balaban J connectivity index is 1.88. The average Bonchev–Trinajstić information content (AvgIpc) is 3.09. The van der Waals surface area contributed by atoms with Crippen molar-refractivity contribution in [3.05, 3.63) is 46.3 Å². The summed E-state index contributed by atoms with van der Waals surface area (Å²) in [5.41, 5.74) is 0.325. The van der Waals surface area contributed by atoms with E-state index in [-0.39, 0.29) is 17.5 Å². The molecule has 7 nitrogen and oxygen atoms in total. The second-order valence-corrected chi connectivity index (χ2v) is 9.21. The van der Waals surface area contributed by atoms with Gasteiger partial charge in [0.1, 0.15) is 0 Å². The molecule has 0 spiro atoms. The molecule has 1 amide bonds. The molecule has 0 aromatic carbocycles. The lowest BCUT2D eigenvalue weighted by Crippen LogP contribution is -2.44. The highest BCUT2D eigenvalue weighted by Crippen LogP contribution is 2.21. The largest absolute Gasteiger partial charge is 0.332 e. The zero-order valence-electron chi connectivity index (χ0n) is 14.8. The summed E-state index contributed by atoms with van der Waals surface area (Å²) in [6, 6.07) is 3.95. The van der Waals surface area contributed by atoms with Crippen molar-refractivity contribution in [2.75, 3.05) is 39.5 Å². The van der Waals surface area contributed by atoms with Gasteiger partial charge in [-0.2, -0.15) is 0 Å². The molecule has 0 atom stereocenters. The number of rotatable bonds is 6. The molecule has 0 saturated carbocycles. The van der Waals surface area contributed by atoms with Gasteiger partial charge in [0.15, 0.2) is 5.84 Å². The molecule has 2 aliphatic rings. The van der Waals surface area contributed by atoms with Gasteiger partial charge < -0.3 is 14.7 Å². The first-order valence-electron chi connectivity index (χ1n) is 8.30. The van der Waals surface area contributed by atoms with Crippen LogP contribution in [0.5, 0.6) is 0 Å². The van der Waals surface area contributed by atoms with Gasteiger partial charge in [-0.05, 0) is 37.7 Å². The molecule has 1 aromatic rings. The third-order valence-electron chi connectivity index (χ3n) is 4.12. The predicted octanol–water partition coefficient (Wildman–Crippen LogP) is 1.14. The topological polar surface area (TPSA) is 73.3 Å². The van der Waals surface area contributed by atoms with Gasteiger partial charge in [0.2, 0.25) is 0 Å². The first-order chi connectivity index (χ1) is 12.4. The molecule has 0 unspecified atom stereocenters. The van der Waals surface area contributed by atoms with E-state index in [2.05, 4.69) is 4.40 Å². The van der Waals surface area contributed by atoms with Crippen molar-refractivity contribution < 1.29 is 13.2 Å². The maximum Gasteiger partial charge on any atom is 0.258 e. The Labute approximate surface area is 158 Å². The Hall–Kier alpha value is -1.97. The lowest BCUT2D eigenvalue weighted by molar-refractivity contribution is -0.127. The van der Waals surface area contributed by atoms with Crippen molar-refractivity contribution in [3.63, 3.8) is 0 Å². The normalized spacial score (nSPS) is 18.3. The molecule has 3 heterocycles. The molecular weight excluding hydrogens is 372 g/mol. The van der Waals surface area contributed by atoms with Gasteiger partial charge in [-0.25, -0.2) is 8.42 Å². The molecule has 0 N–H and O–H groups in total. The number of fused-ring (bicyclic) bond motifs is 1. The van der Waals surface area contributed by atoms with Crippen molar-refractivity contribution in [1.82, 2.24) is 14.7 Å². The minimum Gasteiger partial charge on any atom is -0.332 e. The van der Waals surface area contributed by atoms with Crippen LogP contribution in [0.15, 0.2) is 45.8 Å². The number of hydrogen-bond acceptors (Lipinski definition) is 6. The summed E-state index contributed by atoms with van der Waals surface area (Å²) in [4.78, 5) is 19.8. The Morgan fingerprint density at radius 2 is 2.15 bits per heavy atom. The van der Waals surface area contributed by atoms with Crippen molar-refractivity contribution in [2.24, 2.45) is 4.40 Å². The summed E-state index contributed by atoms with van der Waals surface area (Å²) < 4.78 is 27.7. The fourth-order valence-corrected chi connectivity index (χ4v) is 4.42. The van der Waals surface area contributed by atoms with Crippen LogP contribution in [-0.4, -0.2) is 74.3 Å². The summed E-state index contributed by atoms with van der Waals surface area (Å²) in [5.74, 6) is -0.0165. The summed E-state index contributed by atoms with van der Waals surface area (Å²) in [6.07, 6.45) is 5.17. The van der Waals surface area contributed by atoms with E-state index in [1.54, 1.807) is 39.5 Å². The van der Waals surface area contributed by atoms with Gasteiger partial charge in [0, 0.05) is 30.7 Å². The molecule has 1 aromatic heterocycles. The monoisotopic (exact) mass is 394 g/mol. The summed E-state index contributed by atoms with van der Waals surface area (Å²) in [6.45, 7) is 2.07. The van der Waals surface area contributed by atoms with E-state index in [1.807, 2.05) is 36.5 Å². The van der Waals surface area contributed by atoms with Gasteiger partial charge in [-0.3, -0.25) is 4.79 Å². The molecule has 26 heavy (non-hydrogen) atoms. The molecule has 0 fully saturated rings. The van der Waals surface area contributed by atoms with Crippen LogP contribution in [0.4, 0.5) is 0 Å². The third-order valence-corrected chi connectivity index (χ3v) is 6.13. The van der Waals surface area contributed by atoms with Gasteiger partial charge in [0.25, 0.3) is 15.9 Å². The zero-order chi connectivity index (χ0) is 18.7. The van der Waals surface area contributed by atoms with Gasteiger partial charge in [-0.1, -0.05) is 6.07 Å². The third kappa shape index (κ3) is 4.40. The van der Waals surface area contributed by atoms with Crippen LogP contribution >= 0.6 is 11.3 Å². The van der Waals surface area contributed by atoms with Crippen molar-refractivity contribution in [3.8, 4) is 0 Å². The molecule has 2 aliphatic heterocycles. The Morgan fingerprint density at radius 3 is 2.85 bits per heavy atom. The van der Waals surface area contributed by atoms with Crippen molar-refractivity contribution in [2.45, 2.75) is 6.54 Å². The first-order valence-corrected chi connectivity index (χ1v) is 10.8. The van der Waals surface area contributed by atoms with Gasteiger partial charge >= 0.3 is 0 Å². The number of carbonyl (C=O) groups excluding carboxylic acids is 1. The Kier molecular flexibility index (Phi) is 5.59. The maximum atomic E-state index is 13.2. The van der Waals surface area contributed by atoms with Gasteiger partial charge in [0.05, 0.1) is 17.9 Å². The van der Waals surface area contributed by atoms with Crippen LogP contribution in [0.3, 0.4) is 0 Å².